The molecule has 1 rings (SSSR count). The summed E-state index contributed by atoms with van der Waals surface area (Å²) in [6.45, 7) is 1.92. The van der Waals surface area contributed by atoms with Crippen LogP contribution in [0.25, 0.3) is 0 Å². The minimum Gasteiger partial charge on any atom is -0.466 e. The fourth-order valence-electron chi connectivity index (χ4n) is 1.38. The quantitative estimate of drug-likeness (QED) is 0.681. The van der Waals surface area contributed by atoms with Gasteiger partial charge >= 0.3 is 5.97 Å². The molecule has 0 unspecified atom stereocenters. The van der Waals surface area contributed by atoms with Gasteiger partial charge in [-0.2, -0.15) is 0 Å². The number of rotatable bonds is 4. The van der Waals surface area contributed by atoms with Gasteiger partial charge in [-0.3, -0.25) is 4.79 Å². The van der Waals surface area contributed by atoms with Gasteiger partial charge in [0.2, 0.25) is 0 Å². The first-order valence-electron chi connectivity index (χ1n) is 5.02. The number of carbonyl (C=O) groups is 1. The number of carbonyl (C=O) groups excluding carboxylic acids is 1. The predicted octanol–water partition coefficient (Wildman–Crippen LogP) is 3.09. The number of ether oxygens (including phenoxy) is 1. The molecule has 0 radical (unpaired) electrons. The van der Waals surface area contributed by atoms with Crippen LogP contribution in [0.2, 0.25) is 10.0 Å². The van der Waals surface area contributed by atoms with Gasteiger partial charge in [0, 0.05) is 16.6 Å². The molecule has 94 valence electrons. The molecule has 0 aliphatic rings. The maximum Gasteiger partial charge on any atom is 0.307 e. The summed E-state index contributed by atoms with van der Waals surface area (Å²) in [5.41, 5.74) is 5.75. The topological polar surface area (TPSA) is 52.3 Å². The standard InChI is InChI=1S/C11H12Cl2FNO2/c1-2-17-9(16)5-8(15)10-6(12)3-4-7(13)11(10)14/h3-4,8H,2,5,15H2,1H3/t8-/m0/s1. The summed E-state index contributed by atoms with van der Waals surface area (Å²) in [6.07, 6.45) is -0.148. The average molecular weight is 280 g/mol. The molecule has 6 heteroatoms. The van der Waals surface area contributed by atoms with Gasteiger partial charge in [0.25, 0.3) is 0 Å². The lowest BCUT2D eigenvalue weighted by Crippen LogP contribution is -2.19. The molecule has 1 aromatic rings. The molecule has 0 heterocycles. The van der Waals surface area contributed by atoms with Gasteiger partial charge in [0.1, 0.15) is 5.82 Å². The highest BCUT2D eigenvalue weighted by Gasteiger charge is 2.21. The van der Waals surface area contributed by atoms with Crippen LogP contribution < -0.4 is 5.73 Å². The van der Waals surface area contributed by atoms with Crippen LogP contribution in [-0.2, 0) is 9.53 Å². The molecule has 0 aliphatic heterocycles. The Morgan fingerprint density at radius 3 is 2.65 bits per heavy atom. The molecule has 3 nitrogen and oxygen atoms in total. The van der Waals surface area contributed by atoms with Crippen molar-refractivity contribution in [2.75, 3.05) is 6.61 Å². The zero-order chi connectivity index (χ0) is 13.0. The van der Waals surface area contributed by atoms with Crippen LogP contribution in [0, 0.1) is 5.82 Å². The second-order valence-corrected chi connectivity index (χ2v) is 4.19. The minimum atomic E-state index is -0.875. The summed E-state index contributed by atoms with van der Waals surface area (Å²) < 4.78 is 18.4. The van der Waals surface area contributed by atoms with Crippen molar-refractivity contribution in [3.63, 3.8) is 0 Å². The molecule has 0 aromatic heterocycles. The van der Waals surface area contributed by atoms with E-state index in [9.17, 15) is 9.18 Å². The molecule has 17 heavy (non-hydrogen) atoms. The molecule has 0 amide bonds. The molecular weight excluding hydrogens is 268 g/mol. The van der Waals surface area contributed by atoms with Crippen LogP contribution in [0.3, 0.4) is 0 Å². The molecule has 0 fully saturated rings. The Hall–Kier alpha value is -0.840. The van der Waals surface area contributed by atoms with Crippen LogP contribution in [-0.4, -0.2) is 12.6 Å². The van der Waals surface area contributed by atoms with Gasteiger partial charge in [-0.15, -0.1) is 0 Å². The number of hydrogen-bond donors (Lipinski definition) is 1. The van der Waals surface area contributed by atoms with Crippen molar-refractivity contribution in [1.29, 1.82) is 0 Å². The number of benzene rings is 1. The van der Waals surface area contributed by atoms with E-state index in [-0.39, 0.29) is 28.6 Å². The molecule has 0 saturated heterocycles. The summed E-state index contributed by atoms with van der Waals surface area (Å²) >= 11 is 11.4. The van der Waals surface area contributed by atoms with E-state index >= 15 is 0 Å². The zero-order valence-corrected chi connectivity index (χ0v) is 10.7. The number of hydrogen-bond acceptors (Lipinski definition) is 3. The summed E-state index contributed by atoms with van der Waals surface area (Å²) in [5, 5.41) is 0.0624. The lowest BCUT2D eigenvalue weighted by molar-refractivity contribution is -0.143. The first-order valence-corrected chi connectivity index (χ1v) is 5.77. The van der Waals surface area contributed by atoms with Gasteiger partial charge in [-0.25, -0.2) is 4.39 Å². The Balaban J connectivity index is 2.92. The Morgan fingerprint density at radius 1 is 1.47 bits per heavy atom. The highest BCUT2D eigenvalue weighted by atomic mass is 35.5. The van der Waals surface area contributed by atoms with Gasteiger partial charge < -0.3 is 10.5 Å². The minimum absolute atomic E-state index is 0.0345. The van der Waals surface area contributed by atoms with E-state index in [0.717, 1.165) is 0 Å². The van der Waals surface area contributed by atoms with E-state index in [0.29, 0.717) is 0 Å². The first-order chi connectivity index (χ1) is 7.97. The maximum atomic E-state index is 13.7. The Bertz CT molecular complexity index is 426. The average Bonchev–Trinajstić information content (AvgIpc) is 2.24. The smallest absolute Gasteiger partial charge is 0.307 e. The Kier molecular flexibility index (Phi) is 5.18. The lowest BCUT2D eigenvalue weighted by Gasteiger charge is -2.14. The summed E-state index contributed by atoms with van der Waals surface area (Å²) in [6, 6.07) is 1.90. The van der Waals surface area contributed by atoms with Crippen molar-refractivity contribution in [3.05, 3.63) is 33.6 Å². The third kappa shape index (κ3) is 3.56. The summed E-state index contributed by atoms with van der Waals surface area (Å²) in [7, 11) is 0. The SMILES string of the molecule is CCOC(=O)C[C@H](N)c1c(Cl)ccc(Cl)c1F. The highest BCUT2D eigenvalue weighted by Crippen LogP contribution is 2.30. The van der Waals surface area contributed by atoms with E-state index in [2.05, 4.69) is 0 Å². The van der Waals surface area contributed by atoms with Crippen molar-refractivity contribution in [1.82, 2.24) is 0 Å². The van der Waals surface area contributed by atoms with E-state index in [1.807, 2.05) is 0 Å². The fourth-order valence-corrected chi connectivity index (χ4v) is 1.84. The third-order valence-corrected chi connectivity index (χ3v) is 2.76. The second kappa shape index (κ2) is 6.19. The molecule has 0 spiro atoms. The third-order valence-electron chi connectivity index (χ3n) is 2.14. The molecule has 0 bridgehead atoms. The molecule has 0 saturated carbocycles. The van der Waals surface area contributed by atoms with Gasteiger partial charge in [-0.1, -0.05) is 23.2 Å². The largest absolute Gasteiger partial charge is 0.466 e. The fraction of sp³-hybridized carbons (Fsp3) is 0.364. The number of nitrogens with two attached hydrogens (primary N) is 1. The summed E-state index contributed by atoms with van der Waals surface area (Å²) in [4.78, 5) is 11.2. The van der Waals surface area contributed by atoms with E-state index in [4.69, 9.17) is 33.7 Å². The number of halogens is 3. The second-order valence-electron chi connectivity index (χ2n) is 3.37. The molecule has 1 aromatic carbocycles. The van der Waals surface area contributed by atoms with E-state index in [1.54, 1.807) is 6.92 Å². The predicted molar refractivity (Wildman–Crippen MR) is 64.6 cm³/mol. The van der Waals surface area contributed by atoms with Crippen LogP contribution in [0.1, 0.15) is 24.9 Å². The molecule has 1 atom stereocenters. The van der Waals surface area contributed by atoms with E-state index < -0.39 is 17.8 Å². The van der Waals surface area contributed by atoms with Crippen molar-refractivity contribution in [3.8, 4) is 0 Å². The molecule has 0 aliphatic carbocycles. The monoisotopic (exact) mass is 279 g/mol. The first kappa shape index (κ1) is 14.2. The van der Waals surface area contributed by atoms with Crippen LogP contribution in [0.4, 0.5) is 4.39 Å². The van der Waals surface area contributed by atoms with Crippen molar-refractivity contribution in [2.24, 2.45) is 5.73 Å². The summed E-state index contributed by atoms with van der Waals surface area (Å²) in [5.74, 6) is -1.20. The zero-order valence-electron chi connectivity index (χ0n) is 9.17. The van der Waals surface area contributed by atoms with Gasteiger partial charge in [-0.05, 0) is 19.1 Å². The Labute approximate surface area is 109 Å². The van der Waals surface area contributed by atoms with Crippen molar-refractivity contribution >= 4 is 29.2 Å². The normalized spacial score (nSPS) is 12.3. The lowest BCUT2D eigenvalue weighted by atomic mass is 10.0. The van der Waals surface area contributed by atoms with Gasteiger partial charge in [0.15, 0.2) is 0 Å². The van der Waals surface area contributed by atoms with Crippen molar-refractivity contribution in [2.45, 2.75) is 19.4 Å². The van der Waals surface area contributed by atoms with Crippen molar-refractivity contribution < 1.29 is 13.9 Å². The van der Waals surface area contributed by atoms with E-state index in [1.165, 1.54) is 12.1 Å². The van der Waals surface area contributed by atoms with Crippen LogP contribution in [0.5, 0.6) is 0 Å². The van der Waals surface area contributed by atoms with Crippen LogP contribution in [0.15, 0.2) is 12.1 Å². The van der Waals surface area contributed by atoms with Gasteiger partial charge in [0.05, 0.1) is 18.1 Å². The van der Waals surface area contributed by atoms with Crippen LogP contribution >= 0.6 is 23.2 Å². The molecule has 2 N–H and O–H groups in total. The maximum absolute atomic E-state index is 13.7. The number of esters is 1. The highest BCUT2D eigenvalue weighted by molar-refractivity contribution is 6.33. The molecular formula is C11H12Cl2FNO2. The Morgan fingerprint density at radius 2 is 2.06 bits per heavy atom.